The molecule has 2 N–H and O–H groups in total. The number of hydrogen-bond donors (Lipinski definition) is 2. The van der Waals surface area contributed by atoms with Gasteiger partial charge in [-0.25, -0.2) is 0 Å². The highest BCUT2D eigenvalue weighted by Gasteiger charge is 2.18. The lowest BCUT2D eigenvalue weighted by atomic mass is 9.95. The SMILES string of the molecule is Cc1ccc(NC(=O)Cc2nnc(SCC(=O)NC3CCCCC3)n2C)c(C)c1. The molecular formula is C21H29N5O2S. The summed E-state index contributed by atoms with van der Waals surface area (Å²) >= 11 is 1.35. The van der Waals surface area contributed by atoms with Crippen LogP contribution in [0.1, 0.15) is 49.1 Å². The zero-order chi connectivity index (χ0) is 20.8. The molecule has 1 fully saturated rings. The van der Waals surface area contributed by atoms with E-state index in [1.54, 1.807) is 4.57 Å². The number of thioether (sulfide) groups is 1. The minimum atomic E-state index is -0.140. The van der Waals surface area contributed by atoms with Crippen LogP contribution in [0.2, 0.25) is 0 Å². The molecule has 0 atom stereocenters. The van der Waals surface area contributed by atoms with Crippen molar-refractivity contribution in [3.05, 3.63) is 35.2 Å². The van der Waals surface area contributed by atoms with Crippen LogP contribution in [0, 0.1) is 13.8 Å². The van der Waals surface area contributed by atoms with Crippen LogP contribution in [0.25, 0.3) is 0 Å². The molecule has 0 spiro atoms. The number of carbonyl (C=O) groups excluding carboxylic acids is 2. The van der Waals surface area contributed by atoms with E-state index in [9.17, 15) is 9.59 Å². The van der Waals surface area contributed by atoms with Crippen LogP contribution in [-0.4, -0.2) is 38.4 Å². The van der Waals surface area contributed by atoms with Gasteiger partial charge in [-0.2, -0.15) is 0 Å². The quantitative estimate of drug-likeness (QED) is 0.678. The maximum atomic E-state index is 12.4. The smallest absolute Gasteiger partial charge is 0.232 e. The fourth-order valence-electron chi connectivity index (χ4n) is 3.56. The van der Waals surface area contributed by atoms with Crippen molar-refractivity contribution in [3.8, 4) is 0 Å². The topological polar surface area (TPSA) is 88.9 Å². The second-order valence-corrected chi connectivity index (χ2v) is 8.63. The molecule has 2 amide bonds. The molecular weight excluding hydrogens is 386 g/mol. The van der Waals surface area contributed by atoms with Gasteiger partial charge in [-0.15, -0.1) is 10.2 Å². The minimum absolute atomic E-state index is 0.0269. The normalized spacial score (nSPS) is 14.6. The summed E-state index contributed by atoms with van der Waals surface area (Å²) in [7, 11) is 1.82. The highest BCUT2D eigenvalue weighted by Crippen LogP contribution is 2.20. The number of carbonyl (C=O) groups is 2. The molecule has 8 heteroatoms. The number of hydrogen-bond acceptors (Lipinski definition) is 5. The lowest BCUT2D eigenvalue weighted by Gasteiger charge is -2.22. The molecule has 0 radical (unpaired) electrons. The van der Waals surface area contributed by atoms with Crippen LogP contribution in [0.3, 0.4) is 0 Å². The summed E-state index contributed by atoms with van der Waals surface area (Å²) in [4.78, 5) is 24.6. The zero-order valence-corrected chi connectivity index (χ0v) is 18.1. The van der Waals surface area contributed by atoms with Crippen LogP contribution in [0.15, 0.2) is 23.4 Å². The molecule has 0 unspecified atom stereocenters. The van der Waals surface area contributed by atoms with E-state index in [1.165, 1.54) is 31.0 Å². The Bertz CT molecular complexity index is 874. The molecule has 156 valence electrons. The molecule has 1 aliphatic carbocycles. The van der Waals surface area contributed by atoms with E-state index in [0.717, 1.165) is 29.7 Å². The van der Waals surface area contributed by atoms with Gasteiger partial charge in [0.05, 0.1) is 12.2 Å². The standard InChI is InChI=1S/C21H29N5O2S/c1-14-9-10-17(15(2)11-14)23-19(27)12-18-24-25-21(26(18)3)29-13-20(28)22-16-7-5-4-6-8-16/h9-11,16H,4-8,12-13H2,1-3H3,(H,22,28)(H,23,27). The van der Waals surface area contributed by atoms with Crippen LogP contribution in [0.4, 0.5) is 5.69 Å². The predicted octanol–water partition coefficient (Wildman–Crippen LogP) is 3.15. The van der Waals surface area contributed by atoms with Crippen molar-refractivity contribution in [2.24, 2.45) is 7.05 Å². The predicted molar refractivity (Wildman–Crippen MR) is 115 cm³/mol. The molecule has 1 aliphatic rings. The number of aromatic nitrogens is 3. The first-order valence-corrected chi connectivity index (χ1v) is 11.1. The number of nitrogens with zero attached hydrogens (tertiary/aromatic N) is 3. The Labute approximate surface area is 176 Å². The van der Waals surface area contributed by atoms with E-state index in [1.807, 2.05) is 39.1 Å². The maximum absolute atomic E-state index is 12.4. The zero-order valence-electron chi connectivity index (χ0n) is 17.3. The number of anilines is 1. The molecule has 1 heterocycles. The molecule has 0 bridgehead atoms. The summed E-state index contributed by atoms with van der Waals surface area (Å²) in [5, 5.41) is 14.9. The monoisotopic (exact) mass is 415 g/mol. The van der Waals surface area contributed by atoms with E-state index in [4.69, 9.17) is 0 Å². The molecule has 1 aromatic carbocycles. The van der Waals surface area contributed by atoms with E-state index in [-0.39, 0.29) is 18.2 Å². The van der Waals surface area contributed by atoms with Gasteiger partial charge in [0.2, 0.25) is 11.8 Å². The van der Waals surface area contributed by atoms with Crippen molar-refractivity contribution in [3.63, 3.8) is 0 Å². The average Bonchev–Trinajstić information content (AvgIpc) is 3.03. The van der Waals surface area contributed by atoms with Gasteiger partial charge in [-0.3, -0.25) is 9.59 Å². The number of nitrogens with one attached hydrogen (secondary N) is 2. The Hall–Kier alpha value is -2.35. The first kappa shape index (κ1) is 21.4. The van der Waals surface area contributed by atoms with Crippen LogP contribution in [0.5, 0.6) is 0 Å². The lowest BCUT2D eigenvalue weighted by molar-refractivity contribution is -0.119. The summed E-state index contributed by atoms with van der Waals surface area (Å²) in [5.41, 5.74) is 2.98. The van der Waals surface area contributed by atoms with Gasteiger partial charge in [0.25, 0.3) is 0 Å². The molecule has 0 saturated heterocycles. The highest BCUT2D eigenvalue weighted by atomic mass is 32.2. The number of amides is 2. The van der Waals surface area contributed by atoms with Gasteiger partial charge in [-0.05, 0) is 38.3 Å². The summed E-state index contributed by atoms with van der Waals surface area (Å²) in [6.07, 6.45) is 5.91. The minimum Gasteiger partial charge on any atom is -0.353 e. The Morgan fingerprint density at radius 2 is 1.90 bits per heavy atom. The number of aryl methyl sites for hydroxylation is 2. The fourth-order valence-corrected chi connectivity index (χ4v) is 4.30. The van der Waals surface area contributed by atoms with Crippen molar-refractivity contribution >= 4 is 29.3 Å². The Morgan fingerprint density at radius 1 is 1.14 bits per heavy atom. The van der Waals surface area contributed by atoms with Gasteiger partial charge >= 0.3 is 0 Å². The third-order valence-corrected chi connectivity index (χ3v) is 6.22. The third kappa shape index (κ3) is 6.06. The van der Waals surface area contributed by atoms with Gasteiger partial charge in [0, 0.05) is 18.8 Å². The first-order chi connectivity index (χ1) is 13.9. The van der Waals surface area contributed by atoms with Crippen molar-refractivity contribution < 1.29 is 9.59 Å². The molecule has 2 aromatic rings. The van der Waals surface area contributed by atoms with Crippen molar-refractivity contribution in [1.82, 2.24) is 20.1 Å². The Kier molecular flexibility index (Phi) is 7.30. The molecule has 29 heavy (non-hydrogen) atoms. The van der Waals surface area contributed by atoms with E-state index < -0.39 is 0 Å². The van der Waals surface area contributed by atoms with Gasteiger partial charge < -0.3 is 15.2 Å². The molecule has 0 aliphatic heterocycles. The van der Waals surface area contributed by atoms with Gasteiger partial charge in [0.15, 0.2) is 5.16 Å². The largest absolute Gasteiger partial charge is 0.353 e. The average molecular weight is 416 g/mol. The maximum Gasteiger partial charge on any atom is 0.232 e. The highest BCUT2D eigenvalue weighted by molar-refractivity contribution is 7.99. The second-order valence-electron chi connectivity index (χ2n) is 7.69. The fraction of sp³-hybridized carbons (Fsp3) is 0.524. The summed E-state index contributed by atoms with van der Waals surface area (Å²) < 4.78 is 1.78. The van der Waals surface area contributed by atoms with Crippen molar-refractivity contribution in [2.75, 3.05) is 11.1 Å². The molecule has 7 nitrogen and oxygen atoms in total. The Balaban J connectivity index is 1.50. The van der Waals surface area contributed by atoms with Crippen LogP contribution >= 0.6 is 11.8 Å². The van der Waals surface area contributed by atoms with Gasteiger partial charge in [-0.1, -0.05) is 48.7 Å². The summed E-state index contributed by atoms with van der Waals surface area (Å²) in [6.45, 7) is 3.99. The summed E-state index contributed by atoms with van der Waals surface area (Å²) in [6, 6.07) is 6.22. The molecule has 1 saturated carbocycles. The van der Waals surface area contributed by atoms with Crippen molar-refractivity contribution in [1.29, 1.82) is 0 Å². The Morgan fingerprint density at radius 3 is 2.62 bits per heavy atom. The van der Waals surface area contributed by atoms with Crippen LogP contribution in [-0.2, 0) is 23.1 Å². The number of benzene rings is 1. The molecule has 3 rings (SSSR count). The first-order valence-electron chi connectivity index (χ1n) is 10.1. The van der Waals surface area contributed by atoms with E-state index >= 15 is 0 Å². The van der Waals surface area contributed by atoms with Crippen molar-refractivity contribution in [2.45, 2.75) is 63.6 Å². The number of rotatable bonds is 7. The summed E-state index contributed by atoms with van der Waals surface area (Å²) in [5.74, 6) is 0.762. The third-order valence-electron chi connectivity index (χ3n) is 5.20. The van der Waals surface area contributed by atoms with E-state index in [0.29, 0.717) is 22.8 Å². The second kappa shape index (κ2) is 9.91. The molecule has 1 aromatic heterocycles. The lowest BCUT2D eigenvalue weighted by Crippen LogP contribution is -2.37. The van der Waals surface area contributed by atoms with Crippen LogP contribution < -0.4 is 10.6 Å². The van der Waals surface area contributed by atoms with E-state index in [2.05, 4.69) is 20.8 Å². The van der Waals surface area contributed by atoms with Gasteiger partial charge in [0.1, 0.15) is 5.82 Å².